The number of pyridine rings is 1. The van der Waals surface area contributed by atoms with E-state index in [2.05, 4.69) is 53.1 Å². The lowest BCUT2D eigenvalue weighted by Gasteiger charge is -2.40. The molecule has 0 aliphatic carbocycles. The van der Waals surface area contributed by atoms with Gasteiger partial charge in [0, 0.05) is 34.2 Å². The number of halogens is 2. The molecule has 0 bridgehead atoms. The molecule has 1 aliphatic rings. The second-order valence-electron chi connectivity index (χ2n) is 9.01. The highest BCUT2D eigenvalue weighted by atomic mass is 19.3. The molecule has 29 heavy (non-hydrogen) atoms. The van der Waals surface area contributed by atoms with Gasteiger partial charge in [0.25, 0.3) is 12.1 Å². The topological polar surface area (TPSA) is 70.8 Å². The van der Waals surface area contributed by atoms with Crippen molar-refractivity contribution in [3.63, 3.8) is 0 Å². The van der Waals surface area contributed by atoms with Gasteiger partial charge in [0.1, 0.15) is 0 Å². The number of fused-ring (bicyclic) bond motifs is 1. The predicted molar refractivity (Wildman–Crippen MR) is 106 cm³/mol. The first-order valence-corrected chi connectivity index (χ1v) is 9.97. The zero-order chi connectivity index (χ0) is 20.9. The van der Waals surface area contributed by atoms with Crippen molar-refractivity contribution in [2.75, 3.05) is 13.6 Å². The number of aryl methyl sites for hydroxylation is 1. The smallest absolute Gasteiger partial charge is 0.264 e. The Morgan fingerprint density at radius 2 is 2.07 bits per heavy atom. The molecule has 1 fully saturated rings. The van der Waals surface area contributed by atoms with Crippen molar-refractivity contribution in [2.24, 2.45) is 0 Å². The zero-order valence-corrected chi connectivity index (χ0v) is 17.5. The molecule has 1 saturated heterocycles. The van der Waals surface area contributed by atoms with Crippen molar-refractivity contribution in [1.29, 1.82) is 0 Å². The molecule has 4 rings (SSSR count). The highest BCUT2D eigenvalue weighted by Crippen LogP contribution is 2.45. The van der Waals surface area contributed by atoms with E-state index in [1.807, 2.05) is 6.20 Å². The summed E-state index contributed by atoms with van der Waals surface area (Å²) in [5.74, 6) is -0.0419. The summed E-state index contributed by atoms with van der Waals surface area (Å²) >= 11 is 0. The molecule has 0 amide bonds. The second-order valence-corrected chi connectivity index (χ2v) is 9.01. The maximum absolute atomic E-state index is 13.8. The number of hydrogen-bond donors (Lipinski definition) is 1. The van der Waals surface area contributed by atoms with E-state index in [1.165, 1.54) is 0 Å². The van der Waals surface area contributed by atoms with Crippen LogP contribution in [0.5, 0.6) is 0 Å². The van der Waals surface area contributed by atoms with Crippen molar-refractivity contribution >= 4 is 11.1 Å². The van der Waals surface area contributed by atoms with E-state index in [0.717, 1.165) is 30.6 Å². The van der Waals surface area contributed by atoms with E-state index in [0.29, 0.717) is 16.8 Å². The number of alkyl halides is 2. The molecule has 0 spiro atoms. The minimum absolute atomic E-state index is 0.00350. The third-order valence-electron chi connectivity index (χ3n) is 5.90. The van der Waals surface area contributed by atoms with Crippen LogP contribution in [0.15, 0.2) is 16.8 Å². The van der Waals surface area contributed by atoms with E-state index in [4.69, 9.17) is 4.52 Å². The van der Waals surface area contributed by atoms with Crippen molar-refractivity contribution in [3.05, 3.63) is 40.5 Å². The Bertz CT molecular complexity index is 1020. The van der Waals surface area contributed by atoms with Crippen LogP contribution in [-0.4, -0.2) is 38.8 Å². The standard InChI is InChI=1S/C21H27F2N5O/c1-11-16-13(19(22)23)9-15(25-20(16)29-27-11)12-7-6-8-28(5)17(12)14-10-24-26-18(14)21(2,3)4/h9-10,12,17,19H,6-8H2,1-5H3,(H,24,26). The number of H-pyrrole nitrogens is 1. The molecule has 1 N–H and O–H groups in total. The molecule has 156 valence electrons. The first-order chi connectivity index (χ1) is 13.7. The van der Waals surface area contributed by atoms with Crippen LogP contribution in [0.4, 0.5) is 8.78 Å². The Morgan fingerprint density at radius 3 is 2.76 bits per heavy atom. The van der Waals surface area contributed by atoms with Gasteiger partial charge in [-0.2, -0.15) is 5.10 Å². The number of aromatic amines is 1. The fourth-order valence-electron chi connectivity index (χ4n) is 4.56. The van der Waals surface area contributed by atoms with E-state index in [1.54, 1.807) is 13.0 Å². The summed E-state index contributed by atoms with van der Waals surface area (Å²) in [6, 6.07) is 1.54. The van der Waals surface area contributed by atoms with Gasteiger partial charge in [-0.25, -0.2) is 13.8 Å². The second kappa shape index (κ2) is 7.16. The SMILES string of the molecule is Cc1noc2nc(C3CCCN(C)C3c3cn[nH]c3C(C)(C)C)cc(C(F)F)c12. The summed E-state index contributed by atoms with van der Waals surface area (Å²) in [5, 5.41) is 11.6. The summed E-state index contributed by atoms with van der Waals surface area (Å²) in [6.45, 7) is 9.01. The molecular formula is C21H27F2N5O. The number of nitrogens with one attached hydrogen (secondary N) is 1. The summed E-state index contributed by atoms with van der Waals surface area (Å²) in [5.41, 5.74) is 3.25. The Hall–Kier alpha value is -2.35. The molecule has 6 nitrogen and oxygen atoms in total. The minimum atomic E-state index is -2.61. The lowest BCUT2D eigenvalue weighted by Crippen LogP contribution is -2.36. The van der Waals surface area contributed by atoms with E-state index in [9.17, 15) is 8.78 Å². The molecule has 0 saturated carbocycles. The lowest BCUT2D eigenvalue weighted by molar-refractivity contribution is 0.149. The summed E-state index contributed by atoms with van der Waals surface area (Å²) < 4.78 is 33.0. The monoisotopic (exact) mass is 403 g/mol. The van der Waals surface area contributed by atoms with E-state index >= 15 is 0 Å². The number of aromatic nitrogens is 4. The van der Waals surface area contributed by atoms with Gasteiger partial charge in [-0.1, -0.05) is 25.9 Å². The summed E-state index contributed by atoms with van der Waals surface area (Å²) in [4.78, 5) is 6.90. The van der Waals surface area contributed by atoms with Gasteiger partial charge in [-0.15, -0.1) is 0 Å². The molecule has 1 aliphatic heterocycles. The Morgan fingerprint density at radius 1 is 1.31 bits per heavy atom. The number of likely N-dealkylation sites (tertiary alicyclic amines) is 1. The normalized spacial score (nSPS) is 21.4. The quantitative estimate of drug-likeness (QED) is 0.663. The van der Waals surface area contributed by atoms with Crippen molar-refractivity contribution in [3.8, 4) is 0 Å². The van der Waals surface area contributed by atoms with Gasteiger partial charge >= 0.3 is 0 Å². The number of nitrogens with zero attached hydrogens (tertiary/aromatic N) is 4. The van der Waals surface area contributed by atoms with E-state index < -0.39 is 6.43 Å². The average molecular weight is 403 g/mol. The van der Waals surface area contributed by atoms with Crippen LogP contribution in [0.1, 0.15) is 80.2 Å². The maximum atomic E-state index is 13.8. The molecular weight excluding hydrogens is 376 g/mol. The first kappa shape index (κ1) is 19.9. The molecule has 3 aromatic rings. The third-order valence-corrected chi connectivity index (χ3v) is 5.90. The number of rotatable bonds is 3. The molecule has 0 aromatic carbocycles. The van der Waals surface area contributed by atoms with Crippen LogP contribution >= 0.6 is 0 Å². The predicted octanol–water partition coefficient (Wildman–Crippen LogP) is 5.04. The Kier molecular flexibility index (Phi) is 4.93. The third kappa shape index (κ3) is 3.43. The summed E-state index contributed by atoms with van der Waals surface area (Å²) in [6.07, 6.45) is 1.08. The number of hydrogen-bond acceptors (Lipinski definition) is 5. The van der Waals surface area contributed by atoms with Gasteiger partial charge < -0.3 is 4.52 Å². The zero-order valence-electron chi connectivity index (χ0n) is 17.5. The fraction of sp³-hybridized carbons (Fsp3) is 0.571. The molecule has 4 heterocycles. The van der Waals surface area contributed by atoms with Crippen LogP contribution < -0.4 is 0 Å². The largest absolute Gasteiger partial charge is 0.336 e. The molecule has 3 aromatic heterocycles. The number of piperidine rings is 1. The number of likely N-dealkylation sites (N-methyl/N-ethyl adjacent to an activating group) is 1. The van der Waals surface area contributed by atoms with Crippen LogP contribution in [0.25, 0.3) is 11.1 Å². The Balaban J connectivity index is 1.86. The van der Waals surface area contributed by atoms with Gasteiger partial charge in [0.2, 0.25) is 0 Å². The lowest BCUT2D eigenvalue weighted by atomic mass is 9.78. The maximum Gasteiger partial charge on any atom is 0.264 e. The molecule has 2 unspecified atom stereocenters. The minimum Gasteiger partial charge on any atom is -0.336 e. The van der Waals surface area contributed by atoms with Gasteiger partial charge in [0.15, 0.2) is 0 Å². The van der Waals surface area contributed by atoms with Crippen molar-refractivity contribution in [2.45, 2.75) is 64.3 Å². The first-order valence-electron chi connectivity index (χ1n) is 9.97. The molecule has 0 radical (unpaired) electrons. The van der Waals surface area contributed by atoms with Crippen LogP contribution in [0.3, 0.4) is 0 Å². The average Bonchev–Trinajstić information content (AvgIpc) is 3.28. The van der Waals surface area contributed by atoms with Gasteiger partial charge in [0.05, 0.1) is 23.0 Å². The summed E-state index contributed by atoms with van der Waals surface area (Å²) in [7, 11) is 2.07. The van der Waals surface area contributed by atoms with Crippen LogP contribution in [-0.2, 0) is 5.41 Å². The van der Waals surface area contributed by atoms with Gasteiger partial charge in [-0.05, 0) is 39.4 Å². The molecule has 8 heteroatoms. The van der Waals surface area contributed by atoms with Crippen LogP contribution in [0.2, 0.25) is 0 Å². The van der Waals surface area contributed by atoms with Gasteiger partial charge in [-0.3, -0.25) is 10.00 Å². The highest BCUT2D eigenvalue weighted by Gasteiger charge is 2.37. The van der Waals surface area contributed by atoms with E-state index in [-0.39, 0.29) is 28.7 Å². The molecule has 2 atom stereocenters. The Labute approximate surface area is 168 Å². The van der Waals surface area contributed by atoms with Crippen molar-refractivity contribution < 1.29 is 13.3 Å². The van der Waals surface area contributed by atoms with Crippen LogP contribution in [0, 0.1) is 6.92 Å². The highest BCUT2D eigenvalue weighted by molar-refractivity contribution is 5.80. The fourth-order valence-corrected chi connectivity index (χ4v) is 4.56. The van der Waals surface area contributed by atoms with Crippen molar-refractivity contribution in [1.82, 2.24) is 25.2 Å².